The van der Waals surface area contributed by atoms with E-state index in [1.807, 2.05) is 12.1 Å². The maximum Gasteiger partial charge on any atom is 0.192 e. The molecule has 0 atom stereocenters. The van der Waals surface area contributed by atoms with E-state index in [0.29, 0.717) is 30.5 Å². The van der Waals surface area contributed by atoms with Gasteiger partial charge in [-0.25, -0.2) is 0 Å². The van der Waals surface area contributed by atoms with Gasteiger partial charge in [0.2, 0.25) is 0 Å². The number of guanidine groups is 1. The molecule has 0 radical (unpaired) electrons. The van der Waals surface area contributed by atoms with E-state index >= 15 is 0 Å². The number of rotatable bonds is 5. The first-order valence-electron chi connectivity index (χ1n) is 5.94. The van der Waals surface area contributed by atoms with Gasteiger partial charge in [0.15, 0.2) is 17.5 Å². The molecule has 0 unspecified atom stereocenters. The highest BCUT2D eigenvalue weighted by atomic mass is 79.9. The molecule has 1 rings (SSSR count). The molecule has 2 N–H and O–H groups in total. The van der Waals surface area contributed by atoms with Gasteiger partial charge in [-0.15, -0.1) is 6.42 Å². The zero-order valence-corrected chi connectivity index (χ0v) is 13.4. The average molecular weight is 340 g/mol. The number of aliphatic imine (C=N–C) groups is 1. The molecule has 0 aliphatic carbocycles. The summed E-state index contributed by atoms with van der Waals surface area (Å²) in [4.78, 5) is 4.07. The van der Waals surface area contributed by atoms with Crippen LogP contribution in [0.1, 0.15) is 5.56 Å². The number of nitrogens with zero attached hydrogens (tertiary/aromatic N) is 1. The number of halogens is 1. The minimum Gasteiger partial charge on any atom is -0.493 e. The summed E-state index contributed by atoms with van der Waals surface area (Å²) in [6.45, 7) is 0.998. The van der Waals surface area contributed by atoms with E-state index in [0.717, 1.165) is 10.0 Å². The van der Waals surface area contributed by atoms with Crippen molar-refractivity contribution in [2.75, 3.05) is 27.8 Å². The number of methoxy groups -OCH3 is 2. The highest BCUT2D eigenvalue weighted by molar-refractivity contribution is 9.10. The van der Waals surface area contributed by atoms with E-state index in [4.69, 9.17) is 15.9 Å². The first-order chi connectivity index (χ1) is 9.65. The van der Waals surface area contributed by atoms with Gasteiger partial charge >= 0.3 is 0 Å². The smallest absolute Gasteiger partial charge is 0.192 e. The molecule has 0 aliphatic rings. The van der Waals surface area contributed by atoms with Gasteiger partial charge in [0.1, 0.15) is 0 Å². The van der Waals surface area contributed by atoms with Gasteiger partial charge in [-0.3, -0.25) is 4.99 Å². The van der Waals surface area contributed by atoms with Gasteiger partial charge in [-0.1, -0.05) is 21.9 Å². The molecule has 0 saturated carbocycles. The van der Waals surface area contributed by atoms with Crippen molar-refractivity contribution in [1.29, 1.82) is 0 Å². The lowest BCUT2D eigenvalue weighted by Crippen LogP contribution is -2.37. The molecule has 1 aromatic rings. The van der Waals surface area contributed by atoms with Crippen LogP contribution in [-0.2, 0) is 6.54 Å². The van der Waals surface area contributed by atoms with Gasteiger partial charge in [-0.2, -0.15) is 0 Å². The van der Waals surface area contributed by atoms with Gasteiger partial charge in [-0.05, 0) is 17.7 Å². The maximum absolute atomic E-state index is 5.28. The van der Waals surface area contributed by atoms with Crippen LogP contribution in [0.2, 0.25) is 0 Å². The fourth-order valence-electron chi connectivity index (χ4n) is 1.57. The molecular weight excluding hydrogens is 322 g/mol. The Labute approximate surface area is 127 Å². The van der Waals surface area contributed by atoms with Gasteiger partial charge in [0.05, 0.1) is 20.8 Å². The minimum atomic E-state index is 0.423. The van der Waals surface area contributed by atoms with E-state index in [1.165, 1.54) is 0 Å². The van der Waals surface area contributed by atoms with Gasteiger partial charge in [0, 0.05) is 18.1 Å². The number of ether oxygens (including phenoxy) is 2. The summed E-state index contributed by atoms with van der Waals surface area (Å²) in [5.41, 5.74) is 1.02. The monoisotopic (exact) mass is 339 g/mol. The summed E-state index contributed by atoms with van der Waals surface area (Å²) >= 11 is 3.51. The Morgan fingerprint density at radius 3 is 2.50 bits per heavy atom. The first kappa shape index (κ1) is 16.2. The zero-order valence-electron chi connectivity index (χ0n) is 11.8. The predicted octanol–water partition coefficient (Wildman–Crippen LogP) is 1.76. The predicted molar refractivity (Wildman–Crippen MR) is 84.3 cm³/mol. The number of benzene rings is 1. The van der Waals surface area contributed by atoms with E-state index in [9.17, 15) is 0 Å². The second kappa shape index (κ2) is 8.33. The number of hydrogen-bond donors (Lipinski definition) is 2. The molecule has 108 valence electrons. The minimum absolute atomic E-state index is 0.423. The molecule has 6 heteroatoms. The normalized spacial score (nSPS) is 10.7. The Morgan fingerprint density at radius 1 is 1.30 bits per heavy atom. The number of hydrogen-bond acceptors (Lipinski definition) is 3. The van der Waals surface area contributed by atoms with Crippen molar-refractivity contribution < 1.29 is 9.47 Å². The summed E-state index contributed by atoms with van der Waals surface area (Å²) in [5.74, 6) is 4.50. The zero-order chi connectivity index (χ0) is 15.0. The van der Waals surface area contributed by atoms with Crippen molar-refractivity contribution >= 4 is 21.9 Å². The van der Waals surface area contributed by atoms with Crippen LogP contribution < -0.4 is 20.1 Å². The van der Waals surface area contributed by atoms with E-state index in [2.05, 4.69) is 37.5 Å². The molecule has 0 aromatic heterocycles. The van der Waals surface area contributed by atoms with Crippen LogP contribution in [0.15, 0.2) is 21.6 Å². The lowest BCUT2D eigenvalue weighted by atomic mass is 10.2. The quantitative estimate of drug-likeness (QED) is 0.487. The topological polar surface area (TPSA) is 54.9 Å². The van der Waals surface area contributed by atoms with E-state index in [-0.39, 0.29) is 0 Å². The highest BCUT2D eigenvalue weighted by Gasteiger charge is 2.09. The van der Waals surface area contributed by atoms with Gasteiger partial charge < -0.3 is 20.1 Å². The van der Waals surface area contributed by atoms with Crippen molar-refractivity contribution in [2.45, 2.75) is 6.54 Å². The van der Waals surface area contributed by atoms with Crippen LogP contribution in [0.3, 0.4) is 0 Å². The third kappa shape index (κ3) is 4.35. The van der Waals surface area contributed by atoms with Crippen LogP contribution >= 0.6 is 15.9 Å². The summed E-state index contributed by atoms with van der Waals surface area (Å²) in [6, 6.07) is 3.78. The van der Waals surface area contributed by atoms with Crippen LogP contribution in [-0.4, -0.2) is 33.8 Å². The molecule has 0 aliphatic heterocycles. The average Bonchev–Trinajstić information content (AvgIpc) is 2.48. The lowest BCUT2D eigenvalue weighted by Gasteiger charge is -2.14. The van der Waals surface area contributed by atoms with E-state index in [1.54, 1.807) is 21.3 Å². The third-order valence-electron chi connectivity index (χ3n) is 2.58. The molecular formula is C14H18BrN3O2. The van der Waals surface area contributed by atoms with Gasteiger partial charge in [0.25, 0.3) is 0 Å². The van der Waals surface area contributed by atoms with Crippen molar-refractivity contribution in [1.82, 2.24) is 10.6 Å². The van der Waals surface area contributed by atoms with Crippen molar-refractivity contribution in [2.24, 2.45) is 4.99 Å². The molecule has 5 nitrogen and oxygen atoms in total. The van der Waals surface area contributed by atoms with Crippen molar-refractivity contribution in [3.63, 3.8) is 0 Å². The van der Waals surface area contributed by atoms with Crippen LogP contribution in [0.5, 0.6) is 11.5 Å². The lowest BCUT2D eigenvalue weighted by molar-refractivity contribution is 0.354. The summed E-state index contributed by atoms with van der Waals surface area (Å²) in [6.07, 6.45) is 5.20. The second-order valence-electron chi connectivity index (χ2n) is 3.78. The number of nitrogens with one attached hydrogen (secondary N) is 2. The molecule has 0 bridgehead atoms. The Bertz CT molecular complexity index is 524. The largest absolute Gasteiger partial charge is 0.493 e. The van der Waals surface area contributed by atoms with Crippen LogP contribution in [0.25, 0.3) is 0 Å². The molecule has 0 heterocycles. The third-order valence-corrected chi connectivity index (χ3v) is 3.32. The molecule has 0 fully saturated rings. The summed E-state index contributed by atoms with van der Waals surface area (Å²) < 4.78 is 11.4. The molecule has 20 heavy (non-hydrogen) atoms. The molecule has 1 aromatic carbocycles. The SMILES string of the molecule is C#CCNC(=NC)NCc1cc(OC)c(OC)cc1Br. The Hall–Kier alpha value is -1.87. The Kier molecular flexibility index (Phi) is 6.74. The van der Waals surface area contributed by atoms with Crippen LogP contribution in [0.4, 0.5) is 0 Å². The molecule has 0 spiro atoms. The Morgan fingerprint density at radius 2 is 1.95 bits per heavy atom. The molecule has 0 saturated heterocycles. The van der Waals surface area contributed by atoms with Crippen LogP contribution in [0, 0.1) is 12.3 Å². The second-order valence-corrected chi connectivity index (χ2v) is 4.64. The van der Waals surface area contributed by atoms with E-state index < -0.39 is 0 Å². The summed E-state index contributed by atoms with van der Waals surface area (Å²) in [7, 11) is 4.90. The maximum atomic E-state index is 5.28. The molecule has 0 amide bonds. The fraction of sp³-hybridized carbons (Fsp3) is 0.357. The highest BCUT2D eigenvalue weighted by Crippen LogP contribution is 2.33. The standard InChI is InChI=1S/C14H18BrN3O2/c1-5-6-17-14(16-2)18-9-10-7-12(19-3)13(20-4)8-11(10)15/h1,7-8H,6,9H2,2-4H3,(H2,16,17,18). The summed E-state index contributed by atoms with van der Waals surface area (Å²) in [5, 5.41) is 6.16. The first-order valence-corrected chi connectivity index (χ1v) is 6.74. The van der Waals surface area contributed by atoms with Crippen molar-refractivity contribution in [3.8, 4) is 23.8 Å². The van der Waals surface area contributed by atoms with Crippen molar-refractivity contribution in [3.05, 3.63) is 22.2 Å². The fourth-order valence-corrected chi connectivity index (χ4v) is 2.03. The number of terminal acetylenes is 1. The Balaban J connectivity index is 2.80.